The standard InChI is InChI=1S/C9H8O2S2/c10-4-6-8(11)7(12)3-5-1-2-13-9(5)6/h1-3,10-12H,4H2. The van der Waals surface area contributed by atoms with E-state index in [1.54, 1.807) is 6.07 Å². The smallest absolute Gasteiger partial charge is 0.135 e. The third-order valence-corrected chi connectivity index (χ3v) is 3.28. The number of hydrogen-bond donors (Lipinski definition) is 3. The van der Waals surface area contributed by atoms with Crippen LogP contribution in [0.3, 0.4) is 0 Å². The van der Waals surface area contributed by atoms with E-state index in [4.69, 9.17) is 5.11 Å². The lowest BCUT2D eigenvalue weighted by Gasteiger charge is -2.05. The maximum Gasteiger partial charge on any atom is 0.135 e. The summed E-state index contributed by atoms with van der Waals surface area (Å²) in [5.74, 6) is 0.0841. The molecule has 0 atom stereocenters. The number of phenols is 1. The van der Waals surface area contributed by atoms with Crippen LogP contribution in [-0.2, 0) is 6.61 Å². The van der Waals surface area contributed by atoms with Crippen molar-refractivity contribution < 1.29 is 10.2 Å². The lowest BCUT2D eigenvalue weighted by molar-refractivity contribution is 0.276. The average Bonchev–Trinajstić information content (AvgIpc) is 2.54. The normalized spacial score (nSPS) is 10.9. The fraction of sp³-hybridized carbons (Fsp3) is 0.111. The molecule has 1 aromatic heterocycles. The molecule has 0 radical (unpaired) electrons. The first-order valence-electron chi connectivity index (χ1n) is 3.76. The average molecular weight is 212 g/mol. The minimum absolute atomic E-state index is 0.0841. The molecule has 13 heavy (non-hydrogen) atoms. The summed E-state index contributed by atoms with van der Waals surface area (Å²) in [4.78, 5) is 0.509. The van der Waals surface area contributed by atoms with Gasteiger partial charge in [-0.25, -0.2) is 0 Å². The van der Waals surface area contributed by atoms with Crippen LogP contribution < -0.4 is 0 Å². The van der Waals surface area contributed by atoms with Gasteiger partial charge in [0.15, 0.2) is 0 Å². The van der Waals surface area contributed by atoms with Gasteiger partial charge in [0.1, 0.15) is 5.75 Å². The number of rotatable bonds is 1. The third-order valence-electron chi connectivity index (χ3n) is 1.95. The Morgan fingerprint density at radius 2 is 2.23 bits per heavy atom. The van der Waals surface area contributed by atoms with E-state index in [9.17, 15) is 5.11 Å². The number of aliphatic hydroxyl groups is 1. The van der Waals surface area contributed by atoms with Gasteiger partial charge in [-0.3, -0.25) is 0 Å². The van der Waals surface area contributed by atoms with Crippen LogP contribution >= 0.6 is 24.0 Å². The Bertz CT molecular complexity index is 448. The number of benzene rings is 1. The van der Waals surface area contributed by atoms with Crippen molar-refractivity contribution in [1.82, 2.24) is 0 Å². The van der Waals surface area contributed by atoms with E-state index < -0.39 is 0 Å². The number of thiophene rings is 1. The van der Waals surface area contributed by atoms with Crippen molar-refractivity contribution in [2.45, 2.75) is 11.5 Å². The van der Waals surface area contributed by atoms with Gasteiger partial charge in [0, 0.05) is 15.2 Å². The van der Waals surface area contributed by atoms with Crippen molar-refractivity contribution in [3.8, 4) is 5.75 Å². The molecule has 1 heterocycles. The molecule has 0 bridgehead atoms. The van der Waals surface area contributed by atoms with E-state index >= 15 is 0 Å². The summed E-state index contributed by atoms with van der Waals surface area (Å²) in [7, 11) is 0. The zero-order valence-corrected chi connectivity index (χ0v) is 8.40. The molecule has 0 fully saturated rings. The van der Waals surface area contributed by atoms with E-state index in [0.717, 1.165) is 10.1 Å². The van der Waals surface area contributed by atoms with Crippen molar-refractivity contribution >= 4 is 34.1 Å². The number of hydrogen-bond acceptors (Lipinski definition) is 4. The molecular weight excluding hydrogens is 204 g/mol. The van der Waals surface area contributed by atoms with Gasteiger partial charge in [-0.15, -0.1) is 24.0 Å². The molecule has 2 rings (SSSR count). The van der Waals surface area contributed by atoms with E-state index in [1.165, 1.54) is 11.3 Å². The molecule has 4 heteroatoms. The SMILES string of the molecule is OCc1c(O)c(S)cc2ccsc12. The minimum atomic E-state index is -0.156. The maximum atomic E-state index is 9.58. The Labute approximate surface area is 84.9 Å². The number of aliphatic hydroxyl groups excluding tert-OH is 1. The first-order valence-corrected chi connectivity index (χ1v) is 5.08. The summed E-state index contributed by atoms with van der Waals surface area (Å²) in [6.45, 7) is -0.156. The lowest BCUT2D eigenvalue weighted by atomic mass is 10.1. The number of aromatic hydroxyl groups is 1. The highest BCUT2D eigenvalue weighted by molar-refractivity contribution is 7.80. The molecule has 2 nitrogen and oxygen atoms in total. The van der Waals surface area contributed by atoms with Gasteiger partial charge in [0.05, 0.1) is 6.61 Å². The van der Waals surface area contributed by atoms with Crippen molar-refractivity contribution in [3.63, 3.8) is 0 Å². The van der Waals surface area contributed by atoms with Crippen LogP contribution in [0.5, 0.6) is 5.75 Å². The molecule has 0 saturated heterocycles. The molecule has 0 saturated carbocycles. The highest BCUT2D eigenvalue weighted by atomic mass is 32.1. The monoisotopic (exact) mass is 212 g/mol. The Balaban J connectivity index is 2.87. The summed E-state index contributed by atoms with van der Waals surface area (Å²) in [6, 6.07) is 3.74. The summed E-state index contributed by atoms with van der Waals surface area (Å²) < 4.78 is 0.929. The molecule has 0 aliphatic heterocycles. The van der Waals surface area contributed by atoms with Crippen molar-refractivity contribution in [1.29, 1.82) is 0 Å². The predicted octanol–water partition coefficient (Wildman–Crippen LogP) is 2.39. The first kappa shape index (κ1) is 8.87. The van der Waals surface area contributed by atoms with Crippen LogP contribution in [0.25, 0.3) is 10.1 Å². The van der Waals surface area contributed by atoms with Gasteiger partial charge in [-0.1, -0.05) is 0 Å². The van der Waals surface area contributed by atoms with Crippen LogP contribution in [0.15, 0.2) is 22.4 Å². The fourth-order valence-corrected chi connectivity index (χ4v) is 2.49. The Hall–Kier alpha value is -0.710. The van der Waals surface area contributed by atoms with Gasteiger partial charge in [-0.05, 0) is 22.9 Å². The van der Waals surface area contributed by atoms with Crippen molar-refractivity contribution in [2.24, 2.45) is 0 Å². The van der Waals surface area contributed by atoms with Gasteiger partial charge in [-0.2, -0.15) is 0 Å². The Kier molecular flexibility index (Phi) is 2.19. The lowest BCUT2D eigenvalue weighted by Crippen LogP contribution is -1.85. The zero-order valence-electron chi connectivity index (χ0n) is 6.69. The first-order chi connectivity index (χ1) is 6.24. The van der Waals surface area contributed by atoms with Crippen LogP contribution in [0.1, 0.15) is 5.56 Å². The van der Waals surface area contributed by atoms with Crippen LogP contribution in [0.2, 0.25) is 0 Å². The molecule has 2 aromatic rings. The van der Waals surface area contributed by atoms with E-state index in [2.05, 4.69) is 12.6 Å². The summed E-state index contributed by atoms with van der Waals surface area (Å²) in [5.41, 5.74) is 0.567. The zero-order chi connectivity index (χ0) is 9.42. The van der Waals surface area contributed by atoms with E-state index in [-0.39, 0.29) is 12.4 Å². The predicted molar refractivity (Wildman–Crippen MR) is 56.7 cm³/mol. The van der Waals surface area contributed by atoms with E-state index in [0.29, 0.717) is 10.5 Å². The second-order valence-electron chi connectivity index (χ2n) is 2.72. The minimum Gasteiger partial charge on any atom is -0.506 e. The topological polar surface area (TPSA) is 40.5 Å². The summed E-state index contributed by atoms with van der Waals surface area (Å²) >= 11 is 5.62. The van der Waals surface area contributed by atoms with Crippen LogP contribution in [0, 0.1) is 0 Å². The van der Waals surface area contributed by atoms with Gasteiger partial charge in [0.2, 0.25) is 0 Å². The molecule has 2 N–H and O–H groups in total. The Morgan fingerprint density at radius 1 is 1.46 bits per heavy atom. The second kappa shape index (κ2) is 3.21. The quantitative estimate of drug-likeness (QED) is 0.635. The molecule has 68 valence electrons. The van der Waals surface area contributed by atoms with Gasteiger partial charge < -0.3 is 10.2 Å². The second-order valence-corrected chi connectivity index (χ2v) is 4.12. The van der Waals surface area contributed by atoms with Crippen molar-refractivity contribution in [3.05, 3.63) is 23.1 Å². The Morgan fingerprint density at radius 3 is 2.92 bits per heavy atom. The summed E-state index contributed by atoms with van der Waals surface area (Å²) in [5, 5.41) is 21.6. The van der Waals surface area contributed by atoms with Crippen molar-refractivity contribution in [2.75, 3.05) is 0 Å². The molecule has 0 aliphatic carbocycles. The highest BCUT2D eigenvalue weighted by Crippen LogP contribution is 2.36. The largest absolute Gasteiger partial charge is 0.506 e. The van der Waals surface area contributed by atoms with Gasteiger partial charge >= 0.3 is 0 Å². The molecule has 0 aliphatic rings. The third kappa shape index (κ3) is 1.31. The maximum absolute atomic E-state index is 9.58. The molecule has 0 amide bonds. The van der Waals surface area contributed by atoms with E-state index in [1.807, 2.05) is 11.4 Å². The number of thiol groups is 1. The van der Waals surface area contributed by atoms with Crippen LogP contribution in [-0.4, -0.2) is 10.2 Å². The van der Waals surface area contributed by atoms with Crippen LogP contribution in [0.4, 0.5) is 0 Å². The molecule has 1 aromatic carbocycles. The molecule has 0 unspecified atom stereocenters. The summed E-state index contributed by atoms with van der Waals surface area (Å²) in [6.07, 6.45) is 0. The molecular formula is C9H8O2S2. The van der Waals surface area contributed by atoms with Gasteiger partial charge in [0.25, 0.3) is 0 Å². The number of fused-ring (bicyclic) bond motifs is 1. The fourth-order valence-electron chi connectivity index (χ4n) is 1.30. The highest BCUT2D eigenvalue weighted by Gasteiger charge is 2.10. The molecule has 0 spiro atoms.